The van der Waals surface area contributed by atoms with Gasteiger partial charge in [-0.3, -0.25) is 0 Å². The van der Waals surface area contributed by atoms with Crippen LogP contribution in [-0.2, 0) is 0 Å². The molecule has 0 spiro atoms. The molecule has 2 nitrogen and oxygen atoms in total. The Morgan fingerprint density at radius 2 is 2.06 bits per heavy atom. The first kappa shape index (κ1) is 12.7. The molecular formula is C14H21ClN2. The van der Waals surface area contributed by atoms with Gasteiger partial charge < -0.3 is 11.1 Å². The van der Waals surface area contributed by atoms with Gasteiger partial charge in [0.1, 0.15) is 0 Å². The van der Waals surface area contributed by atoms with Gasteiger partial charge in [-0.15, -0.1) is 0 Å². The molecule has 1 atom stereocenters. The normalized spacial score (nSPS) is 18.9. The van der Waals surface area contributed by atoms with Crippen LogP contribution in [0.15, 0.2) is 24.3 Å². The van der Waals surface area contributed by atoms with Crippen molar-refractivity contribution in [1.82, 2.24) is 0 Å². The molecule has 1 unspecified atom stereocenters. The first-order valence-electron chi connectivity index (χ1n) is 6.52. The van der Waals surface area contributed by atoms with Crippen LogP contribution in [-0.4, -0.2) is 12.6 Å². The molecule has 0 heterocycles. The van der Waals surface area contributed by atoms with E-state index in [1.54, 1.807) is 0 Å². The summed E-state index contributed by atoms with van der Waals surface area (Å²) in [5, 5.41) is 4.30. The molecule has 0 bridgehead atoms. The number of hydrogen-bond acceptors (Lipinski definition) is 2. The van der Waals surface area contributed by atoms with E-state index in [1.165, 1.54) is 32.1 Å². The summed E-state index contributed by atoms with van der Waals surface area (Å²) in [6.07, 6.45) is 6.67. The third-order valence-corrected chi connectivity index (χ3v) is 3.88. The van der Waals surface area contributed by atoms with E-state index in [4.69, 9.17) is 17.3 Å². The van der Waals surface area contributed by atoms with E-state index >= 15 is 0 Å². The summed E-state index contributed by atoms with van der Waals surface area (Å²) >= 11 is 5.99. The van der Waals surface area contributed by atoms with Crippen LogP contribution in [0.5, 0.6) is 0 Å². The summed E-state index contributed by atoms with van der Waals surface area (Å²) in [6.45, 7) is 0.692. The molecule has 17 heavy (non-hydrogen) atoms. The SMILES string of the molecule is NCC(Nc1cccc(Cl)c1)C1CCCCC1. The second kappa shape index (κ2) is 6.27. The highest BCUT2D eigenvalue weighted by molar-refractivity contribution is 6.30. The van der Waals surface area contributed by atoms with Crippen LogP contribution in [0, 0.1) is 5.92 Å². The van der Waals surface area contributed by atoms with Crippen LogP contribution < -0.4 is 11.1 Å². The molecule has 94 valence electrons. The highest BCUT2D eigenvalue weighted by Crippen LogP contribution is 2.28. The van der Waals surface area contributed by atoms with Gasteiger partial charge in [0.15, 0.2) is 0 Å². The van der Waals surface area contributed by atoms with Crippen molar-refractivity contribution in [3.63, 3.8) is 0 Å². The zero-order valence-electron chi connectivity index (χ0n) is 10.2. The monoisotopic (exact) mass is 252 g/mol. The van der Waals surface area contributed by atoms with E-state index in [1.807, 2.05) is 18.2 Å². The third-order valence-electron chi connectivity index (χ3n) is 3.65. The van der Waals surface area contributed by atoms with E-state index in [9.17, 15) is 0 Å². The zero-order chi connectivity index (χ0) is 12.1. The van der Waals surface area contributed by atoms with Gasteiger partial charge in [-0.1, -0.05) is 36.9 Å². The lowest BCUT2D eigenvalue weighted by molar-refractivity contribution is 0.320. The number of benzene rings is 1. The van der Waals surface area contributed by atoms with E-state index in [-0.39, 0.29) is 0 Å². The predicted octanol–water partition coefficient (Wildman–Crippen LogP) is 3.66. The number of anilines is 1. The van der Waals surface area contributed by atoms with Crippen molar-refractivity contribution < 1.29 is 0 Å². The second-order valence-electron chi connectivity index (χ2n) is 4.89. The number of nitrogens with two attached hydrogens (primary N) is 1. The molecule has 3 N–H and O–H groups in total. The van der Waals surface area contributed by atoms with Crippen LogP contribution in [0.3, 0.4) is 0 Å². The maximum atomic E-state index is 5.99. The summed E-state index contributed by atoms with van der Waals surface area (Å²) in [4.78, 5) is 0. The summed E-state index contributed by atoms with van der Waals surface area (Å²) in [7, 11) is 0. The number of hydrogen-bond donors (Lipinski definition) is 2. The van der Waals surface area contributed by atoms with Crippen molar-refractivity contribution in [1.29, 1.82) is 0 Å². The largest absolute Gasteiger partial charge is 0.381 e. The molecule has 1 aromatic rings. The Labute approximate surface area is 109 Å². The van der Waals surface area contributed by atoms with Gasteiger partial charge >= 0.3 is 0 Å². The zero-order valence-corrected chi connectivity index (χ0v) is 10.9. The van der Waals surface area contributed by atoms with Crippen molar-refractivity contribution >= 4 is 17.3 Å². The average Bonchev–Trinajstić information content (AvgIpc) is 2.37. The first-order valence-corrected chi connectivity index (χ1v) is 6.89. The van der Waals surface area contributed by atoms with E-state index in [0.717, 1.165) is 10.7 Å². The molecule has 1 saturated carbocycles. The van der Waals surface area contributed by atoms with Crippen molar-refractivity contribution in [3.05, 3.63) is 29.3 Å². The van der Waals surface area contributed by atoms with Gasteiger partial charge in [0.05, 0.1) is 0 Å². The topological polar surface area (TPSA) is 38.0 Å². The molecule has 1 fully saturated rings. The van der Waals surface area contributed by atoms with E-state index in [2.05, 4.69) is 11.4 Å². The summed E-state index contributed by atoms with van der Waals surface area (Å²) in [6, 6.07) is 8.27. The molecule has 0 aromatic heterocycles. The van der Waals surface area contributed by atoms with Crippen molar-refractivity contribution in [2.24, 2.45) is 11.7 Å². The summed E-state index contributed by atoms with van der Waals surface area (Å²) in [5.74, 6) is 0.715. The highest BCUT2D eigenvalue weighted by Gasteiger charge is 2.22. The fraction of sp³-hybridized carbons (Fsp3) is 0.571. The minimum absolute atomic E-state index is 0.383. The van der Waals surface area contributed by atoms with E-state index < -0.39 is 0 Å². The summed E-state index contributed by atoms with van der Waals surface area (Å²) < 4.78 is 0. The van der Waals surface area contributed by atoms with Crippen LogP contribution in [0.2, 0.25) is 5.02 Å². The van der Waals surface area contributed by atoms with Gasteiger partial charge in [0.25, 0.3) is 0 Å². The molecular weight excluding hydrogens is 232 g/mol. The molecule has 0 aliphatic heterocycles. The van der Waals surface area contributed by atoms with Gasteiger partial charge in [-0.05, 0) is 37.0 Å². The Balaban J connectivity index is 1.98. The minimum Gasteiger partial charge on any atom is -0.381 e. The van der Waals surface area contributed by atoms with Gasteiger partial charge in [-0.2, -0.15) is 0 Å². The Morgan fingerprint density at radius 1 is 1.29 bits per heavy atom. The molecule has 2 rings (SSSR count). The molecule has 0 saturated heterocycles. The standard InChI is InChI=1S/C14H21ClN2/c15-12-7-4-8-13(9-12)17-14(10-16)11-5-2-1-3-6-11/h4,7-9,11,14,17H,1-3,5-6,10,16H2. The van der Waals surface area contributed by atoms with Crippen molar-refractivity contribution in [2.75, 3.05) is 11.9 Å². The number of rotatable bonds is 4. The Hall–Kier alpha value is -0.730. The highest BCUT2D eigenvalue weighted by atomic mass is 35.5. The molecule has 0 amide bonds. The maximum Gasteiger partial charge on any atom is 0.0426 e. The lowest BCUT2D eigenvalue weighted by atomic mass is 9.84. The fourth-order valence-electron chi connectivity index (χ4n) is 2.70. The Morgan fingerprint density at radius 3 is 2.71 bits per heavy atom. The molecule has 1 aromatic carbocycles. The van der Waals surface area contributed by atoms with E-state index in [0.29, 0.717) is 18.5 Å². The van der Waals surface area contributed by atoms with Gasteiger partial charge in [0.2, 0.25) is 0 Å². The lowest BCUT2D eigenvalue weighted by Gasteiger charge is -2.30. The Kier molecular flexibility index (Phi) is 4.69. The number of nitrogens with one attached hydrogen (secondary N) is 1. The van der Waals surface area contributed by atoms with Crippen LogP contribution in [0.25, 0.3) is 0 Å². The van der Waals surface area contributed by atoms with Gasteiger partial charge in [0, 0.05) is 23.3 Å². The smallest absolute Gasteiger partial charge is 0.0426 e. The Bertz CT molecular complexity index is 348. The predicted molar refractivity (Wildman–Crippen MR) is 74.5 cm³/mol. The van der Waals surface area contributed by atoms with Crippen molar-refractivity contribution in [3.8, 4) is 0 Å². The molecule has 1 aliphatic rings. The third kappa shape index (κ3) is 3.62. The molecule has 3 heteroatoms. The second-order valence-corrected chi connectivity index (χ2v) is 5.33. The first-order chi connectivity index (χ1) is 8.29. The fourth-order valence-corrected chi connectivity index (χ4v) is 2.89. The summed E-state index contributed by atoms with van der Waals surface area (Å²) in [5.41, 5.74) is 6.98. The lowest BCUT2D eigenvalue weighted by Crippen LogP contribution is -2.37. The average molecular weight is 253 g/mol. The van der Waals surface area contributed by atoms with Crippen molar-refractivity contribution in [2.45, 2.75) is 38.1 Å². The quantitative estimate of drug-likeness (QED) is 0.858. The minimum atomic E-state index is 0.383. The van der Waals surface area contributed by atoms with Crippen LogP contribution in [0.1, 0.15) is 32.1 Å². The van der Waals surface area contributed by atoms with Gasteiger partial charge in [-0.25, -0.2) is 0 Å². The van der Waals surface area contributed by atoms with Crippen LogP contribution in [0.4, 0.5) is 5.69 Å². The molecule has 1 aliphatic carbocycles. The maximum absolute atomic E-state index is 5.99. The van der Waals surface area contributed by atoms with Crippen LogP contribution >= 0.6 is 11.6 Å². The molecule has 0 radical (unpaired) electrons. The number of halogens is 1.